The average molecular weight is 299 g/mol. The van der Waals surface area contributed by atoms with Crippen molar-refractivity contribution in [2.45, 2.75) is 25.7 Å². The second kappa shape index (κ2) is 5.67. The number of rotatable bonds is 4. The molecule has 1 aromatic heterocycles. The van der Waals surface area contributed by atoms with Crippen molar-refractivity contribution in [2.24, 2.45) is 5.92 Å². The molecule has 17 heavy (non-hydrogen) atoms. The van der Waals surface area contributed by atoms with Crippen LogP contribution in [-0.2, 0) is 0 Å². The first-order valence-corrected chi connectivity index (χ1v) is 6.91. The van der Waals surface area contributed by atoms with Crippen molar-refractivity contribution in [3.05, 3.63) is 10.8 Å². The maximum absolute atomic E-state index is 4.36. The van der Waals surface area contributed by atoms with Crippen LogP contribution in [0.1, 0.15) is 25.7 Å². The number of anilines is 2. The highest BCUT2D eigenvalue weighted by Gasteiger charge is 2.19. The summed E-state index contributed by atoms with van der Waals surface area (Å²) in [6.45, 7) is 1.08. The number of halogens is 1. The van der Waals surface area contributed by atoms with E-state index in [4.69, 9.17) is 0 Å². The van der Waals surface area contributed by atoms with Crippen molar-refractivity contribution < 1.29 is 0 Å². The van der Waals surface area contributed by atoms with Crippen LogP contribution in [0.2, 0.25) is 0 Å². The van der Waals surface area contributed by atoms with E-state index in [2.05, 4.69) is 43.2 Å². The van der Waals surface area contributed by atoms with Crippen LogP contribution in [0.15, 0.2) is 10.8 Å². The first kappa shape index (κ1) is 12.6. The third-order valence-corrected chi connectivity index (χ3v) is 4.11. The maximum Gasteiger partial charge on any atom is 0.148 e. The molecule has 0 aromatic carbocycles. The largest absolute Gasteiger partial charge is 0.372 e. The van der Waals surface area contributed by atoms with E-state index in [-0.39, 0.29) is 0 Å². The van der Waals surface area contributed by atoms with Gasteiger partial charge in [-0.15, -0.1) is 0 Å². The summed E-state index contributed by atoms with van der Waals surface area (Å²) < 4.78 is 0.947. The van der Waals surface area contributed by atoms with Gasteiger partial charge >= 0.3 is 0 Å². The van der Waals surface area contributed by atoms with Gasteiger partial charge in [-0.3, -0.25) is 0 Å². The van der Waals surface area contributed by atoms with E-state index in [1.807, 2.05) is 7.05 Å². The van der Waals surface area contributed by atoms with Crippen molar-refractivity contribution in [1.82, 2.24) is 9.97 Å². The van der Waals surface area contributed by atoms with Gasteiger partial charge in [0.15, 0.2) is 0 Å². The van der Waals surface area contributed by atoms with Gasteiger partial charge in [0.1, 0.15) is 22.4 Å². The molecule has 1 aliphatic rings. The molecule has 0 saturated heterocycles. The van der Waals surface area contributed by atoms with Gasteiger partial charge in [-0.05, 0) is 34.7 Å². The standard InChI is InChI=1S/C12H19BrN4/c1-14-11-10(13)12(16-8-15-11)17(2)7-9-5-3-4-6-9/h8-9H,3-7H2,1-2H3,(H,14,15,16). The Hall–Kier alpha value is -0.840. The summed E-state index contributed by atoms with van der Waals surface area (Å²) in [4.78, 5) is 10.8. The molecule has 0 unspecified atom stereocenters. The molecule has 4 nitrogen and oxygen atoms in total. The Morgan fingerprint density at radius 1 is 1.41 bits per heavy atom. The zero-order valence-corrected chi connectivity index (χ0v) is 12.0. The first-order valence-electron chi connectivity index (χ1n) is 6.11. The van der Waals surface area contributed by atoms with Crippen LogP contribution in [0.4, 0.5) is 11.6 Å². The maximum atomic E-state index is 4.36. The Morgan fingerprint density at radius 3 is 2.76 bits per heavy atom. The third-order valence-electron chi connectivity index (χ3n) is 3.38. The van der Waals surface area contributed by atoms with Crippen molar-refractivity contribution in [3.63, 3.8) is 0 Å². The van der Waals surface area contributed by atoms with Gasteiger partial charge in [-0.2, -0.15) is 0 Å². The highest BCUT2D eigenvalue weighted by Crippen LogP contribution is 2.31. The van der Waals surface area contributed by atoms with Crippen molar-refractivity contribution in [3.8, 4) is 0 Å². The molecule has 0 radical (unpaired) electrons. The Morgan fingerprint density at radius 2 is 2.12 bits per heavy atom. The lowest BCUT2D eigenvalue weighted by molar-refractivity contribution is 0.544. The molecule has 0 amide bonds. The Bertz CT molecular complexity index is 377. The van der Waals surface area contributed by atoms with Gasteiger partial charge in [0.25, 0.3) is 0 Å². The van der Waals surface area contributed by atoms with E-state index in [0.29, 0.717) is 0 Å². The molecular weight excluding hydrogens is 280 g/mol. The minimum Gasteiger partial charge on any atom is -0.372 e. The van der Waals surface area contributed by atoms with Gasteiger partial charge in [0, 0.05) is 20.6 Å². The summed E-state index contributed by atoms with van der Waals surface area (Å²) >= 11 is 3.56. The molecule has 0 bridgehead atoms. The minimum absolute atomic E-state index is 0.819. The minimum atomic E-state index is 0.819. The molecule has 1 saturated carbocycles. The molecule has 1 heterocycles. The van der Waals surface area contributed by atoms with Crippen LogP contribution < -0.4 is 10.2 Å². The van der Waals surface area contributed by atoms with Gasteiger partial charge in [0.05, 0.1) is 0 Å². The number of aromatic nitrogens is 2. The van der Waals surface area contributed by atoms with E-state index in [1.54, 1.807) is 6.33 Å². The molecular formula is C12H19BrN4. The number of hydrogen-bond donors (Lipinski definition) is 1. The van der Waals surface area contributed by atoms with Crippen molar-refractivity contribution in [2.75, 3.05) is 30.9 Å². The topological polar surface area (TPSA) is 41.1 Å². The van der Waals surface area contributed by atoms with Gasteiger partial charge in [-0.1, -0.05) is 12.8 Å². The van der Waals surface area contributed by atoms with Crippen LogP contribution in [-0.4, -0.2) is 30.6 Å². The lowest BCUT2D eigenvalue weighted by atomic mass is 10.1. The molecule has 94 valence electrons. The average Bonchev–Trinajstić information content (AvgIpc) is 2.82. The third kappa shape index (κ3) is 2.89. The highest BCUT2D eigenvalue weighted by molar-refractivity contribution is 9.10. The van der Waals surface area contributed by atoms with Crippen LogP contribution in [0.5, 0.6) is 0 Å². The highest BCUT2D eigenvalue weighted by atomic mass is 79.9. The van der Waals surface area contributed by atoms with Gasteiger partial charge < -0.3 is 10.2 Å². The zero-order valence-electron chi connectivity index (χ0n) is 10.4. The van der Waals surface area contributed by atoms with E-state index in [0.717, 1.165) is 28.6 Å². The molecule has 1 aliphatic carbocycles. The quantitative estimate of drug-likeness (QED) is 0.928. The number of nitrogens with one attached hydrogen (secondary N) is 1. The normalized spacial score (nSPS) is 16.2. The molecule has 0 spiro atoms. The summed E-state index contributed by atoms with van der Waals surface area (Å²) in [5.74, 6) is 2.63. The lowest BCUT2D eigenvalue weighted by Crippen LogP contribution is -2.25. The molecule has 1 N–H and O–H groups in total. The molecule has 1 aromatic rings. The second-order valence-corrected chi connectivity index (χ2v) is 5.43. The Kier molecular flexibility index (Phi) is 4.20. The van der Waals surface area contributed by atoms with Gasteiger partial charge in [0.2, 0.25) is 0 Å². The molecule has 2 rings (SSSR count). The monoisotopic (exact) mass is 298 g/mol. The van der Waals surface area contributed by atoms with Crippen LogP contribution in [0, 0.1) is 5.92 Å². The van der Waals surface area contributed by atoms with Gasteiger partial charge in [-0.25, -0.2) is 9.97 Å². The summed E-state index contributed by atoms with van der Waals surface area (Å²) in [6.07, 6.45) is 7.07. The summed E-state index contributed by atoms with van der Waals surface area (Å²) in [5.41, 5.74) is 0. The van der Waals surface area contributed by atoms with Crippen LogP contribution in [0.25, 0.3) is 0 Å². The fourth-order valence-corrected chi connectivity index (χ4v) is 3.17. The van der Waals surface area contributed by atoms with E-state index < -0.39 is 0 Å². The van der Waals surface area contributed by atoms with Crippen LogP contribution in [0.3, 0.4) is 0 Å². The van der Waals surface area contributed by atoms with Crippen LogP contribution >= 0.6 is 15.9 Å². The predicted molar refractivity (Wildman–Crippen MR) is 74.5 cm³/mol. The second-order valence-electron chi connectivity index (χ2n) is 4.64. The molecule has 0 aliphatic heterocycles. The fourth-order valence-electron chi connectivity index (χ4n) is 2.47. The molecule has 0 atom stereocenters. The van der Waals surface area contributed by atoms with E-state index >= 15 is 0 Å². The predicted octanol–water partition coefficient (Wildman–Crippen LogP) is 2.91. The molecule has 1 fully saturated rings. The SMILES string of the molecule is CNc1ncnc(N(C)CC2CCCC2)c1Br. The number of hydrogen-bond acceptors (Lipinski definition) is 4. The van der Waals surface area contributed by atoms with Crippen molar-refractivity contribution in [1.29, 1.82) is 0 Å². The molecule has 5 heteroatoms. The smallest absolute Gasteiger partial charge is 0.148 e. The Labute approximate surface area is 111 Å². The van der Waals surface area contributed by atoms with Crippen molar-refractivity contribution >= 4 is 27.6 Å². The zero-order chi connectivity index (χ0) is 12.3. The number of nitrogens with zero attached hydrogens (tertiary/aromatic N) is 3. The first-order chi connectivity index (χ1) is 8.22. The summed E-state index contributed by atoms with van der Waals surface area (Å²) in [6, 6.07) is 0. The Balaban J connectivity index is 2.09. The van der Waals surface area contributed by atoms with E-state index in [1.165, 1.54) is 25.7 Å². The van der Waals surface area contributed by atoms with E-state index in [9.17, 15) is 0 Å². The lowest BCUT2D eigenvalue weighted by Gasteiger charge is -2.23. The summed E-state index contributed by atoms with van der Waals surface area (Å²) in [7, 11) is 3.97. The fraction of sp³-hybridized carbons (Fsp3) is 0.667. The summed E-state index contributed by atoms with van der Waals surface area (Å²) in [5, 5.41) is 3.06.